The lowest BCUT2D eigenvalue weighted by Gasteiger charge is -2.36. The van der Waals surface area contributed by atoms with Crippen LogP contribution in [0.1, 0.15) is 32.6 Å². The summed E-state index contributed by atoms with van der Waals surface area (Å²) < 4.78 is 30.6. The molecule has 0 aromatic rings. The minimum Gasteiger partial charge on any atom is -0.450 e. The Morgan fingerprint density at radius 2 is 1.83 bits per heavy atom. The Balaban J connectivity index is 1.84. The predicted octanol–water partition coefficient (Wildman–Crippen LogP) is 0.395. The Hall–Kier alpha value is -1.35. The summed E-state index contributed by atoms with van der Waals surface area (Å²) >= 11 is 0. The van der Waals surface area contributed by atoms with Crippen LogP contribution >= 0.6 is 0 Å². The highest BCUT2D eigenvalue weighted by Crippen LogP contribution is 2.28. The summed E-state index contributed by atoms with van der Waals surface area (Å²) in [4.78, 5) is 25.0. The Morgan fingerprint density at radius 3 is 2.33 bits per heavy atom. The molecule has 2 amide bonds. The zero-order valence-electron chi connectivity index (χ0n) is 14.4. The van der Waals surface area contributed by atoms with Crippen LogP contribution in [0.3, 0.4) is 0 Å². The van der Waals surface area contributed by atoms with Gasteiger partial charge in [-0.3, -0.25) is 4.79 Å². The number of hydrogen-bond acceptors (Lipinski definition) is 5. The second-order valence-corrected chi connectivity index (χ2v) is 8.29. The molecule has 24 heavy (non-hydrogen) atoms. The standard InChI is InChI=1S/C15H27N3O5S/c1-3-23-15(20)17-9-6-13(7-10-17)18(24(2,21)22)11-8-16-14(19)12-4-5-12/h12-13H,3-11H2,1-2H3,(H,16,19). The van der Waals surface area contributed by atoms with Crippen molar-refractivity contribution in [3.63, 3.8) is 0 Å². The van der Waals surface area contributed by atoms with Crippen molar-refractivity contribution in [2.45, 2.75) is 38.6 Å². The van der Waals surface area contributed by atoms with Gasteiger partial charge in [-0.05, 0) is 32.6 Å². The van der Waals surface area contributed by atoms with E-state index in [0.29, 0.717) is 39.1 Å². The van der Waals surface area contributed by atoms with Crippen LogP contribution in [0, 0.1) is 5.92 Å². The number of nitrogens with one attached hydrogen (secondary N) is 1. The number of hydrogen-bond donors (Lipinski definition) is 1. The van der Waals surface area contributed by atoms with Gasteiger partial charge in [0.2, 0.25) is 15.9 Å². The summed E-state index contributed by atoms with van der Waals surface area (Å²) in [5.74, 6) is 0.130. The zero-order valence-corrected chi connectivity index (χ0v) is 15.2. The van der Waals surface area contributed by atoms with Gasteiger partial charge in [-0.1, -0.05) is 0 Å². The molecule has 1 N–H and O–H groups in total. The summed E-state index contributed by atoms with van der Waals surface area (Å²) in [5.41, 5.74) is 0. The first kappa shape index (κ1) is 19.0. The molecule has 8 nitrogen and oxygen atoms in total. The van der Waals surface area contributed by atoms with Gasteiger partial charge >= 0.3 is 6.09 Å². The summed E-state index contributed by atoms with van der Waals surface area (Å²) in [6.45, 7) is 3.62. The van der Waals surface area contributed by atoms with Crippen molar-refractivity contribution in [1.29, 1.82) is 0 Å². The third kappa shape index (κ3) is 5.34. The smallest absolute Gasteiger partial charge is 0.409 e. The number of likely N-dealkylation sites (tertiary alicyclic amines) is 1. The van der Waals surface area contributed by atoms with E-state index in [0.717, 1.165) is 12.8 Å². The van der Waals surface area contributed by atoms with Crippen molar-refractivity contribution in [3.8, 4) is 0 Å². The number of piperidine rings is 1. The van der Waals surface area contributed by atoms with Gasteiger partial charge in [-0.2, -0.15) is 4.31 Å². The molecule has 1 heterocycles. The van der Waals surface area contributed by atoms with E-state index in [1.807, 2.05) is 0 Å². The zero-order chi connectivity index (χ0) is 17.7. The van der Waals surface area contributed by atoms with E-state index < -0.39 is 10.0 Å². The van der Waals surface area contributed by atoms with Gasteiger partial charge < -0.3 is 15.0 Å². The van der Waals surface area contributed by atoms with Gasteiger partial charge in [-0.25, -0.2) is 13.2 Å². The Kier molecular flexibility index (Phi) is 6.45. The third-order valence-electron chi connectivity index (χ3n) is 4.40. The monoisotopic (exact) mass is 361 g/mol. The Labute approximate surface area is 143 Å². The van der Waals surface area contributed by atoms with E-state index in [-0.39, 0.29) is 30.5 Å². The molecule has 0 aromatic carbocycles. The molecule has 2 aliphatic rings. The summed E-state index contributed by atoms with van der Waals surface area (Å²) in [6.07, 6.45) is 3.83. The van der Waals surface area contributed by atoms with Gasteiger partial charge in [0, 0.05) is 38.1 Å². The fraction of sp³-hybridized carbons (Fsp3) is 0.867. The lowest BCUT2D eigenvalue weighted by Crippen LogP contribution is -2.50. The molecule has 1 aliphatic carbocycles. The van der Waals surface area contributed by atoms with Crippen LogP contribution < -0.4 is 5.32 Å². The van der Waals surface area contributed by atoms with Crippen LogP contribution in [0.5, 0.6) is 0 Å². The number of ether oxygens (including phenoxy) is 1. The van der Waals surface area contributed by atoms with Gasteiger partial charge in [0.25, 0.3) is 0 Å². The minimum absolute atomic E-state index is 0.0144. The number of nitrogens with zero attached hydrogens (tertiary/aromatic N) is 2. The molecule has 9 heteroatoms. The highest BCUT2D eigenvalue weighted by molar-refractivity contribution is 7.88. The van der Waals surface area contributed by atoms with Crippen LogP contribution in [0.15, 0.2) is 0 Å². The van der Waals surface area contributed by atoms with E-state index in [1.165, 1.54) is 10.6 Å². The SMILES string of the molecule is CCOC(=O)N1CCC(N(CCNC(=O)C2CC2)S(C)(=O)=O)CC1. The molecule has 138 valence electrons. The molecular weight excluding hydrogens is 334 g/mol. The number of carbonyl (C=O) groups excluding carboxylic acids is 2. The molecule has 0 atom stereocenters. The predicted molar refractivity (Wildman–Crippen MR) is 88.9 cm³/mol. The van der Waals surface area contributed by atoms with Gasteiger partial charge in [0.15, 0.2) is 0 Å². The maximum atomic E-state index is 12.1. The van der Waals surface area contributed by atoms with Crippen molar-refractivity contribution < 1.29 is 22.7 Å². The Bertz CT molecular complexity index is 553. The average Bonchev–Trinajstić information content (AvgIpc) is 3.35. The second kappa shape index (κ2) is 8.15. The van der Waals surface area contributed by atoms with E-state index in [9.17, 15) is 18.0 Å². The molecule has 2 rings (SSSR count). The number of sulfonamides is 1. The van der Waals surface area contributed by atoms with Crippen LogP contribution in [-0.4, -0.2) is 74.7 Å². The van der Waals surface area contributed by atoms with Gasteiger partial charge in [0.05, 0.1) is 12.9 Å². The van der Waals surface area contributed by atoms with Crippen molar-refractivity contribution in [1.82, 2.24) is 14.5 Å². The molecular formula is C15H27N3O5S. The van der Waals surface area contributed by atoms with E-state index >= 15 is 0 Å². The lowest BCUT2D eigenvalue weighted by atomic mass is 10.1. The minimum atomic E-state index is -3.37. The second-order valence-electron chi connectivity index (χ2n) is 6.36. The Morgan fingerprint density at radius 1 is 1.21 bits per heavy atom. The molecule has 0 spiro atoms. The molecule has 2 fully saturated rings. The normalized spacial score (nSPS) is 19.4. The maximum Gasteiger partial charge on any atom is 0.409 e. The van der Waals surface area contributed by atoms with Crippen LogP contribution in [0.4, 0.5) is 4.79 Å². The first-order valence-electron chi connectivity index (χ1n) is 8.49. The third-order valence-corrected chi connectivity index (χ3v) is 5.74. The number of amides is 2. The summed E-state index contributed by atoms with van der Waals surface area (Å²) in [5, 5.41) is 2.80. The van der Waals surface area contributed by atoms with E-state index in [4.69, 9.17) is 4.74 Å². The fourth-order valence-electron chi connectivity index (χ4n) is 2.95. The summed E-state index contributed by atoms with van der Waals surface area (Å²) in [6, 6.07) is -0.150. The van der Waals surface area contributed by atoms with Crippen molar-refractivity contribution in [2.75, 3.05) is 39.0 Å². The first-order valence-corrected chi connectivity index (χ1v) is 10.3. The quantitative estimate of drug-likeness (QED) is 0.708. The highest BCUT2D eigenvalue weighted by atomic mass is 32.2. The maximum absolute atomic E-state index is 12.1. The lowest BCUT2D eigenvalue weighted by molar-refractivity contribution is -0.122. The van der Waals surface area contributed by atoms with E-state index in [1.54, 1.807) is 11.8 Å². The van der Waals surface area contributed by atoms with Gasteiger partial charge in [0.1, 0.15) is 0 Å². The van der Waals surface area contributed by atoms with Crippen LogP contribution in [0.2, 0.25) is 0 Å². The van der Waals surface area contributed by atoms with Gasteiger partial charge in [-0.15, -0.1) is 0 Å². The highest BCUT2D eigenvalue weighted by Gasteiger charge is 2.33. The molecule has 0 aromatic heterocycles. The van der Waals surface area contributed by atoms with Crippen molar-refractivity contribution in [2.24, 2.45) is 5.92 Å². The number of rotatable bonds is 7. The number of carbonyl (C=O) groups is 2. The largest absolute Gasteiger partial charge is 0.450 e. The van der Waals surface area contributed by atoms with Crippen molar-refractivity contribution in [3.05, 3.63) is 0 Å². The molecule has 0 unspecified atom stereocenters. The molecule has 0 radical (unpaired) electrons. The first-order chi connectivity index (χ1) is 11.3. The molecule has 1 aliphatic heterocycles. The summed E-state index contributed by atoms with van der Waals surface area (Å²) in [7, 11) is -3.37. The van der Waals surface area contributed by atoms with Crippen LogP contribution in [-0.2, 0) is 19.6 Å². The van der Waals surface area contributed by atoms with Crippen LogP contribution in [0.25, 0.3) is 0 Å². The fourth-order valence-corrected chi connectivity index (χ4v) is 4.12. The average molecular weight is 361 g/mol. The molecule has 0 bridgehead atoms. The molecule has 1 saturated carbocycles. The topological polar surface area (TPSA) is 96.0 Å². The van der Waals surface area contributed by atoms with Crippen molar-refractivity contribution >= 4 is 22.0 Å². The van der Waals surface area contributed by atoms with E-state index in [2.05, 4.69) is 5.32 Å². The molecule has 1 saturated heterocycles.